The highest BCUT2D eigenvalue weighted by molar-refractivity contribution is 5.94. The summed E-state index contributed by atoms with van der Waals surface area (Å²) in [4.78, 5) is 19.2. The van der Waals surface area contributed by atoms with Gasteiger partial charge in [0.25, 0.3) is 5.91 Å². The zero-order valence-electron chi connectivity index (χ0n) is 15.5. The molecular formula is C20H25N3O3. The second-order valence-corrected chi connectivity index (χ2v) is 6.45. The van der Waals surface area contributed by atoms with E-state index in [0.717, 1.165) is 35.8 Å². The Bertz CT molecular complexity index is 755. The lowest BCUT2D eigenvalue weighted by Gasteiger charge is -2.27. The first-order chi connectivity index (χ1) is 12.6. The Balaban J connectivity index is 1.68. The average Bonchev–Trinajstić information content (AvgIpc) is 2.68. The van der Waals surface area contributed by atoms with Crippen LogP contribution in [0.3, 0.4) is 0 Å². The largest absolute Gasteiger partial charge is 0.496 e. The van der Waals surface area contributed by atoms with Gasteiger partial charge in [-0.05, 0) is 32.0 Å². The molecule has 0 radical (unpaired) electrons. The summed E-state index contributed by atoms with van der Waals surface area (Å²) in [5.74, 6) is 1.49. The maximum absolute atomic E-state index is 12.6. The monoisotopic (exact) mass is 355 g/mol. The van der Waals surface area contributed by atoms with Crippen LogP contribution in [0.15, 0.2) is 36.5 Å². The summed E-state index contributed by atoms with van der Waals surface area (Å²) in [5, 5.41) is 3.02. The number of pyridine rings is 1. The molecule has 0 spiro atoms. The van der Waals surface area contributed by atoms with Gasteiger partial charge < -0.3 is 19.7 Å². The predicted octanol–water partition coefficient (Wildman–Crippen LogP) is 2.73. The van der Waals surface area contributed by atoms with E-state index in [9.17, 15) is 4.79 Å². The molecule has 6 heteroatoms. The number of aromatic nitrogens is 1. The number of carbonyl (C=O) groups excluding carboxylic acids is 1. The summed E-state index contributed by atoms with van der Waals surface area (Å²) in [7, 11) is 1.64. The van der Waals surface area contributed by atoms with Crippen molar-refractivity contribution in [1.29, 1.82) is 0 Å². The van der Waals surface area contributed by atoms with Crippen molar-refractivity contribution in [2.75, 3.05) is 38.3 Å². The van der Waals surface area contributed by atoms with Gasteiger partial charge in [-0.15, -0.1) is 0 Å². The van der Waals surface area contributed by atoms with E-state index in [0.29, 0.717) is 18.8 Å². The number of hydrogen-bond donors (Lipinski definition) is 1. The van der Waals surface area contributed by atoms with Crippen molar-refractivity contribution in [2.45, 2.75) is 19.9 Å². The summed E-state index contributed by atoms with van der Waals surface area (Å²) in [6, 6.07) is 9.47. The zero-order chi connectivity index (χ0) is 18.5. The molecule has 1 aliphatic heterocycles. The molecule has 0 saturated carbocycles. The summed E-state index contributed by atoms with van der Waals surface area (Å²) in [6.07, 6.45) is 1.63. The molecule has 6 nitrogen and oxygen atoms in total. The minimum absolute atomic E-state index is 0.151. The van der Waals surface area contributed by atoms with Crippen molar-refractivity contribution in [3.63, 3.8) is 0 Å². The molecule has 1 amide bonds. The highest BCUT2D eigenvalue weighted by Gasteiger charge is 2.17. The third-order valence-corrected chi connectivity index (χ3v) is 4.54. The highest BCUT2D eigenvalue weighted by atomic mass is 16.5. The minimum atomic E-state index is -0.170. The number of aryl methyl sites for hydroxylation is 1. The summed E-state index contributed by atoms with van der Waals surface area (Å²) in [5.41, 5.74) is 2.62. The number of rotatable bonds is 5. The molecule has 0 aliphatic carbocycles. The van der Waals surface area contributed by atoms with Gasteiger partial charge in [-0.3, -0.25) is 4.79 Å². The molecule has 1 unspecified atom stereocenters. The van der Waals surface area contributed by atoms with Crippen LogP contribution in [0.25, 0.3) is 0 Å². The third kappa shape index (κ3) is 4.14. The standard InChI is InChI=1S/C20H25N3O3/c1-14-4-6-18(25-3)17(12-14)15(2)22-20(24)16-5-7-19(21-13-16)23-8-10-26-11-9-23/h4-7,12-13,15H,8-11H2,1-3H3,(H,22,24). The van der Waals surface area contributed by atoms with Gasteiger partial charge in [0, 0.05) is 24.8 Å². The van der Waals surface area contributed by atoms with Crippen molar-refractivity contribution in [2.24, 2.45) is 0 Å². The van der Waals surface area contributed by atoms with Gasteiger partial charge in [0.15, 0.2) is 0 Å². The number of ether oxygens (including phenoxy) is 2. The molecule has 1 aliphatic rings. The van der Waals surface area contributed by atoms with Crippen molar-refractivity contribution >= 4 is 11.7 Å². The molecule has 1 fully saturated rings. The number of methoxy groups -OCH3 is 1. The van der Waals surface area contributed by atoms with E-state index < -0.39 is 0 Å². The second kappa shape index (κ2) is 8.19. The Morgan fingerprint density at radius 2 is 2.04 bits per heavy atom. The molecule has 26 heavy (non-hydrogen) atoms. The quantitative estimate of drug-likeness (QED) is 0.893. The number of carbonyl (C=O) groups is 1. The van der Waals surface area contributed by atoms with Gasteiger partial charge in [-0.25, -0.2) is 4.98 Å². The van der Waals surface area contributed by atoms with E-state index in [-0.39, 0.29) is 11.9 Å². The van der Waals surface area contributed by atoms with Gasteiger partial charge in [-0.2, -0.15) is 0 Å². The lowest BCUT2D eigenvalue weighted by Crippen LogP contribution is -2.36. The Morgan fingerprint density at radius 3 is 2.69 bits per heavy atom. The van der Waals surface area contributed by atoms with Gasteiger partial charge >= 0.3 is 0 Å². The average molecular weight is 355 g/mol. The molecule has 2 aromatic rings. The van der Waals surface area contributed by atoms with E-state index in [1.54, 1.807) is 13.3 Å². The van der Waals surface area contributed by atoms with Crippen molar-refractivity contribution in [3.05, 3.63) is 53.2 Å². The van der Waals surface area contributed by atoms with Gasteiger partial charge in [0.05, 0.1) is 31.9 Å². The van der Waals surface area contributed by atoms with E-state index >= 15 is 0 Å². The fourth-order valence-corrected chi connectivity index (χ4v) is 3.05. The molecule has 1 aromatic carbocycles. The van der Waals surface area contributed by atoms with Gasteiger partial charge in [0.2, 0.25) is 0 Å². The Morgan fingerprint density at radius 1 is 1.27 bits per heavy atom. The van der Waals surface area contributed by atoms with Gasteiger partial charge in [0.1, 0.15) is 11.6 Å². The molecule has 1 aromatic heterocycles. The summed E-state index contributed by atoms with van der Waals surface area (Å²) < 4.78 is 10.8. The molecule has 138 valence electrons. The fraction of sp³-hybridized carbons (Fsp3) is 0.400. The maximum atomic E-state index is 12.6. The van der Waals surface area contributed by atoms with E-state index in [4.69, 9.17) is 9.47 Å². The van der Waals surface area contributed by atoms with Crippen LogP contribution in [-0.4, -0.2) is 44.3 Å². The third-order valence-electron chi connectivity index (χ3n) is 4.54. The van der Waals surface area contributed by atoms with Crippen LogP contribution in [0.4, 0.5) is 5.82 Å². The van der Waals surface area contributed by atoms with Gasteiger partial charge in [-0.1, -0.05) is 17.7 Å². The zero-order valence-corrected chi connectivity index (χ0v) is 15.5. The predicted molar refractivity (Wildman–Crippen MR) is 101 cm³/mol. The molecule has 2 heterocycles. The Hall–Kier alpha value is -2.60. The normalized spacial score (nSPS) is 15.4. The molecular weight excluding hydrogens is 330 g/mol. The van der Waals surface area contributed by atoms with E-state index in [1.807, 2.05) is 44.2 Å². The number of morpholine rings is 1. The molecule has 1 N–H and O–H groups in total. The van der Waals surface area contributed by atoms with Crippen LogP contribution in [0.2, 0.25) is 0 Å². The summed E-state index contributed by atoms with van der Waals surface area (Å²) in [6.45, 7) is 7.03. The van der Waals surface area contributed by atoms with Crippen LogP contribution in [0, 0.1) is 6.92 Å². The first-order valence-electron chi connectivity index (χ1n) is 8.82. The number of amides is 1. The SMILES string of the molecule is COc1ccc(C)cc1C(C)NC(=O)c1ccc(N2CCOCC2)nc1. The highest BCUT2D eigenvalue weighted by Crippen LogP contribution is 2.26. The molecule has 0 bridgehead atoms. The molecule has 1 atom stereocenters. The van der Waals surface area contributed by atoms with Crippen molar-refractivity contribution in [3.8, 4) is 5.75 Å². The van der Waals surface area contributed by atoms with E-state index in [2.05, 4.69) is 15.2 Å². The summed E-state index contributed by atoms with van der Waals surface area (Å²) >= 11 is 0. The minimum Gasteiger partial charge on any atom is -0.496 e. The lowest BCUT2D eigenvalue weighted by molar-refractivity contribution is 0.0939. The number of anilines is 1. The lowest BCUT2D eigenvalue weighted by atomic mass is 10.0. The fourth-order valence-electron chi connectivity index (χ4n) is 3.05. The Labute approximate surface area is 154 Å². The van der Waals surface area contributed by atoms with Crippen LogP contribution in [0.5, 0.6) is 5.75 Å². The van der Waals surface area contributed by atoms with Crippen LogP contribution >= 0.6 is 0 Å². The topological polar surface area (TPSA) is 63.7 Å². The molecule has 1 saturated heterocycles. The van der Waals surface area contributed by atoms with Crippen LogP contribution in [0.1, 0.15) is 34.5 Å². The number of hydrogen-bond acceptors (Lipinski definition) is 5. The number of nitrogens with one attached hydrogen (secondary N) is 1. The van der Waals surface area contributed by atoms with Crippen LogP contribution < -0.4 is 15.0 Å². The number of nitrogens with zero attached hydrogens (tertiary/aromatic N) is 2. The van der Waals surface area contributed by atoms with E-state index in [1.165, 1.54) is 0 Å². The smallest absolute Gasteiger partial charge is 0.253 e. The van der Waals surface area contributed by atoms with Crippen molar-refractivity contribution in [1.82, 2.24) is 10.3 Å². The first-order valence-corrected chi connectivity index (χ1v) is 8.82. The molecule has 3 rings (SSSR count). The van der Waals surface area contributed by atoms with Crippen molar-refractivity contribution < 1.29 is 14.3 Å². The second-order valence-electron chi connectivity index (χ2n) is 6.45. The first kappa shape index (κ1) is 18.2. The number of benzene rings is 1. The Kier molecular flexibility index (Phi) is 5.73. The van der Waals surface area contributed by atoms with Crippen LogP contribution in [-0.2, 0) is 4.74 Å². The maximum Gasteiger partial charge on any atom is 0.253 e.